The lowest BCUT2D eigenvalue weighted by atomic mass is 10.2. The van der Waals surface area contributed by atoms with Gasteiger partial charge >= 0.3 is 0 Å². The molecule has 1 aromatic carbocycles. The van der Waals surface area contributed by atoms with Crippen LogP contribution in [-0.4, -0.2) is 9.78 Å². The van der Waals surface area contributed by atoms with Gasteiger partial charge in [0, 0.05) is 18.0 Å². The highest BCUT2D eigenvalue weighted by molar-refractivity contribution is 6.17. The maximum atomic E-state index is 13.9. The zero-order chi connectivity index (χ0) is 12.7. The van der Waals surface area contributed by atoms with Crippen molar-refractivity contribution in [2.24, 2.45) is 0 Å². The summed E-state index contributed by atoms with van der Waals surface area (Å²) in [5.41, 5.74) is 1.18. The average Bonchev–Trinajstić information content (AvgIpc) is 3.08. The second-order valence-electron chi connectivity index (χ2n) is 4.50. The lowest BCUT2D eigenvalue weighted by molar-refractivity contribution is 0.557. The molecule has 0 atom stereocenters. The van der Waals surface area contributed by atoms with Crippen LogP contribution in [0.3, 0.4) is 0 Å². The third-order valence-corrected chi connectivity index (χ3v) is 3.37. The van der Waals surface area contributed by atoms with E-state index < -0.39 is 11.6 Å². The monoisotopic (exact) mass is 268 g/mol. The van der Waals surface area contributed by atoms with Crippen LogP contribution in [0.15, 0.2) is 24.4 Å². The lowest BCUT2D eigenvalue weighted by Crippen LogP contribution is -2.04. The molecule has 0 radical (unpaired) electrons. The number of rotatable bonds is 3. The Labute approximate surface area is 108 Å². The Hall–Kier alpha value is -1.42. The largest absolute Gasteiger partial charge is 0.235 e. The maximum absolute atomic E-state index is 13.9. The topological polar surface area (TPSA) is 17.8 Å². The number of nitrogens with zero attached hydrogens (tertiary/aromatic N) is 2. The zero-order valence-corrected chi connectivity index (χ0v) is 10.3. The molecule has 1 aliphatic carbocycles. The summed E-state index contributed by atoms with van der Waals surface area (Å²) in [4.78, 5) is 0. The van der Waals surface area contributed by atoms with Crippen LogP contribution in [0.5, 0.6) is 0 Å². The third kappa shape index (κ3) is 2.01. The molecule has 1 fully saturated rings. The van der Waals surface area contributed by atoms with Gasteiger partial charge in [-0.15, -0.1) is 11.6 Å². The molecule has 94 valence electrons. The molecule has 0 saturated heterocycles. The minimum absolute atomic E-state index is 0.0839. The standard InChI is InChI=1S/C13H11ClF2N2/c14-7-8-5-10(15)13(11(16)6-8)18-4-3-12(17-18)9-1-2-9/h3-6,9H,1-2,7H2. The van der Waals surface area contributed by atoms with Gasteiger partial charge in [0.15, 0.2) is 11.6 Å². The first-order chi connectivity index (χ1) is 8.69. The van der Waals surface area contributed by atoms with E-state index in [-0.39, 0.29) is 11.6 Å². The van der Waals surface area contributed by atoms with Gasteiger partial charge in [0.25, 0.3) is 0 Å². The van der Waals surface area contributed by atoms with Gasteiger partial charge in [-0.2, -0.15) is 5.10 Å². The SMILES string of the molecule is Fc1cc(CCl)cc(F)c1-n1ccc(C2CC2)n1. The Morgan fingerprint density at radius 2 is 1.94 bits per heavy atom. The highest BCUT2D eigenvalue weighted by atomic mass is 35.5. The molecule has 0 unspecified atom stereocenters. The summed E-state index contributed by atoms with van der Waals surface area (Å²) in [6, 6.07) is 4.29. The minimum Gasteiger partial charge on any atom is -0.235 e. The quantitative estimate of drug-likeness (QED) is 0.775. The third-order valence-electron chi connectivity index (χ3n) is 3.07. The lowest BCUT2D eigenvalue weighted by Gasteiger charge is -2.06. The van der Waals surface area contributed by atoms with Crippen molar-refractivity contribution in [3.63, 3.8) is 0 Å². The van der Waals surface area contributed by atoms with Crippen LogP contribution >= 0.6 is 11.6 Å². The van der Waals surface area contributed by atoms with E-state index in [4.69, 9.17) is 11.6 Å². The zero-order valence-electron chi connectivity index (χ0n) is 9.54. The average molecular weight is 269 g/mol. The minimum atomic E-state index is -0.643. The van der Waals surface area contributed by atoms with Crippen LogP contribution < -0.4 is 0 Å². The van der Waals surface area contributed by atoms with Crippen LogP contribution in [0, 0.1) is 11.6 Å². The van der Waals surface area contributed by atoms with Crippen LogP contribution in [0.25, 0.3) is 5.69 Å². The molecule has 1 heterocycles. The first-order valence-electron chi connectivity index (χ1n) is 5.79. The number of alkyl halides is 1. The summed E-state index contributed by atoms with van der Waals surface area (Å²) in [7, 11) is 0. The molecule has 2 aromatic rings. The molecule has 0 N–H and O–H groups in total. The van der Waals surface area contributed by atoms with E-state index in [0.29, 0.717) is 11.5 Å². The van der Waals surface area contributed by atoms with Crippen molar-refractivity contribution in [1.82, 2.24) is 9.78 Å². The summed E-state index contributed by atoms with van der Waals surface area (Å²) in [5.74, 6) is -0.743. The van der Waals surface area contributed by atoms with Crippen molar-refractivity contribution in [2.45, 2.75) is 24.6 Å². The number of halogens is 3. The molecule has 2 nitrogen and oxygen atoms in total. The summed E-state index contributed by atoms with van der Waals surface area (Å²) >= 11 is 5.57. The Bertz CT molecular complexity index is 567. The second kappa shape index (κ2) is 4.35. The molecule has 1 aliphatic rings. The van der Waals surface area contributed by atoms with E-state index in [0.717, 1.165) is 18.5 Å². The molecule has 0 spiro atoms. The van der Waals surface area contributed by atoms with Crippen molar-refractivity contribution in [3.8, 4) is 5.69 Å². The maximum Gasteiger partial charge on any atom is 0.152 e. The van der Waals surface area contributed by atoms with Crippen molar-refractivity contribution in [2.75, 3.05) is 0 Å². The Kier molecular flexibility index (Phi) is 2.82. The van der Waals surface area contributed by atoms with Gasteiger partial charge in [0.2, 0.25) is 0 Å². The van der Waals surface area contributed by atoms with Gasteiger partial charge < -0.3 is 0 Å². The van der Waals surface area contributed by atoms with E-state index in [1.165, 1.54) is 16.8 Å². The van der Waals surface area contributed by atoms with Crippen LogP contribution in [0.4, 0.5) is 8.78 Å². The van der Waals surface area contributed by atoms with Crippen molar-refractivity contribution in [3.05, 3.63) is 47.3 Å². The van der Waals surface area contributed by atoms with Gasteiger partial charge in [0.05, 0.1) is 5.69 Å². The molecule has 0 amide bonds. The smallest absolute Gasteiger partial charge is 0.152 e. The van der Waals surface area contributed by atoms with Crippen molar-refractivity contribution >= 4 is 11.6 Å². The van der Waals surface area contributed by atoms with Crippen molar-refractivity contribution in [1.29, 1.82) is 0 Å². The van der Waals surface area contributed by atoms with E-state index in [9.17, 15) is 8.78 Å². The number of hydrogen-bond donors (Lipinski definition) is 0. The van der Waals surface area contributed by atoms with Gasteiger partial charge in [-0.1, -0.05) is 0 Å². The van der Waals surface area contributed by atoms with E-state index in [1.54, 1.807) is 6.20 Å². The van der Waals surface area contributed by atoms with Crippen LogP contribution in [0.1, 0.15) is 30.0 Å². The van der Waals surface area contributed by atoms with Gasteiger partial charge in [0.1, 0.15) is 5.69 Å². The highest BCUT2D eigenvalue weighted by Gasteiger charge is 2.26. The Morgan fingerprint density at radius 1 is 1.28 bits per heavy atom. The molecule has 18 heavy (non-hydrogen) atoms. The van der Waals surface area contributed by atoms with Crippen LogP contribution in [0.2, 0.25) is 0 Å². The predicted molar refractivity (Wildman–Crippen MR) is 65.0 cm³/mol. The number of hydrogen-bond acceptors (Lipinski definition) is 1. The van der Waals surface area contributed by atoms with E-state index in [2.05, 4.69) is 5.10 Å². The molecule has 0 bridgehead atoms. The van der Waals surface area contributed by atoms with Gasteiger partial charge in [-0.05, 0) is 36.6 Å². The number of aromatic nitrogens is 2. The van der Waals surface area contributed by atoms with Gasteiger partial charge in [-0.25, -0.2) is 13.5 Å². The highest BCUT2D eigenvalue weighted by Crippen LogP contribution is 2.39. The predicted octanol–water partition coefficient (Wildman–Crippen LogP) is 3.77. The van der Waals surface area contributed by atoms with Crippen LogP contribution in [-0.2, 0) is 5.88 Å². The van der Waals surface area contributed by atoms with Gasteiger partial charge in [-0.3, -0.25) is 0 Å². The second-order valence-corrected chi connectivity index (χ2v) is 4.77. The summed E-state index contributed by atoms with van der Waals surface area (Å²) in [6.45, 7) is 0. The van der Waals surface area contributed by atoms with Crippen molar-refractivity contribution < 1.29 is 8.78 Å². The molecular formula is C13H11ClF2N2. The summed E-state index contributed by atoms with van der Waals surface area (Å²) in [5, 5.41) is 4.22. The first-order valence-corrected chi connectivity index (χ1v) is 6.32. The Balaban J connectivity index is 2.04. The molecule has 1 aromatic heterocycles. The molecule has 1 saturated carbocycles. The molecule has 5 heteroatoms. The Morgan fingerprint density at radius 3 is 2.50 bits per heavy atom. The van der Waals surface area contributed by atoms with E-state index in [1.807, 2.05) is 6.07 Å². The normalized spacial score (nSPS) is 15.1. The number of benzene rings is 1. The summed E-state index contributed by atoms with van der Waals surface area (Å²) in [6.07, 6.45) is 3.80. The fourth-order valence-electron chi connectivity index (χ4n) is 1.97. The van der Waals surface area contributed by atoms with E-state index >= 15 is 0 Å². The molecule has 3 rings (SSSR count). The first kappa shape index (κ1) is 11.7. The fraction of sp³-hybridized carbons (Fsp3) is 0.308. The fourth-order valence-corrected chi connectivity index (χ4v) is 2.13. The molecule has 0 aliphatic heterocycles. The molecular weight excluding hydrogens is 258 g/mol. The summed E-state index contributed by atoms with van der Waals surface area (Å²) < 4.78 is 29.0.